The molecule has 304 valence electrons. The van der Waals surface area contributed by atoms with E-state index >= 15 is 0 Å². The Morgan fingerprint density at radius 2 is 0.815 bits per heavy atom. The molecule has 2 nitrogen and oxygen atoms in total. The maximum Gasteiger partial charge on any atom is 0.143 e. The standard InChI is InChI=1S/C63H40O2/c1-63(2)54-30-27-38(35-53(54)61-41-15-4-3-14-37(41)26-31-55(61)63)39-28-32-57-51(34-39)52-36-40(29-33-58(52)64-57)59-45-19-7-9-21-47(45)60(48-22-10-8-20-46(48)59)44-18-6-5-16-42(44)49-23-13-24-50-43-17-11-12-25-56(43)65-62(49)50/h3-36H,1-2H3. The third-order valence-corrected chi connectivity index (χ3v) is 14.5. The van der Waals surface area contributed by atoms with Crippen LogP contribution in [-0.4, -0.2) is 0 Å². The van der Waals surface area contributed by atoms with Crippen LogP contribution in [0.15, 0.2) is 215 Å². The van der Waals surface area contributed by atoms with Gasteiger partial charge in [-0.05, 0) is 130 Å². The van der Waals surface area contributed by atoms with Crippen molar-refractivity contribution in [2.45, 2.75) is 19.3 Å². The maximum absolute atomic E-state index is 6.62. The highest BCUT2D eigenvalue weighted by atomic mass is 16.3. The molecule has 1 aliphatic rings. The van der Waals surface area contributed by atoms with Crippen LogP contribution >= 0.6 is 0 Å². The van der Waals surface area contributed by atoms with E-state index in [4.69, 9.17) is 8.83 Å². The van der Waals surface area contributed by atoms with Gasteiger partial charge >= 0.3 is 0 Å². The molecule has 11 aromatic carbocycles. The first-order valence-corrected chi connectivity index (χ1v) is 22.6. The van der Waals surface area contributed by atoms with Crippen molar-refractivity contribution in [3.8, 4) is 55.6 Å². The van der Waals surface area contributed by atoms with Gasteiger partial charge in [-0.25, -0.2) is 0 Å². The number of hydrogen-bond donors (Lipinski definition) is 0. The number of benzene rings is 11. The first-order chi connectivity index (χ1) is 32.0. The average Bonchev–Trinajstić information content (AvgIpc) is 4.00. The minimum absolute atomic E-state index is 0.0750. The van der Waals surface area contributed by atoms with Gasteiger partial charge in [-0.3, -0.25) is 0 Å². The molecule has 14 rings (SSSR count). The van der Waals surface area contributed by atoms with Gasteiger partial charge in [-0.15, -0.1) is 0 Å². The second kappa shape index (κ2) is 13.4. The van der Waals surface area contributed by atoms with Crippen molar-refractivity contribution in [1.29, 1.82) is 0 Å². The molecule has 0 amide bonds. The summed E-state index contributed by atoms with van der Waals surface area (Å²) in [4.78, 5) is 0. The fourth-order valence-corrected chi connectivity index (χ4v) is 11.4. The lowest BCUT2D eigenvalue weighted by Gasteiger charge is -2.21. The van der Waals surface area contributed by atoms with Crippen molar-refractivity contribution in [2.24, 2.45) is 0 Å². The summed E-state index contributed by atoms with van der Waals surface area (Å²) in [5, 5.41) is 11.9. The molecule has 0 saturated carbocycles. The molecular weight excluding hydrogens is 789 g/mol. The Kier molecular flexibility index (Phi) is 7.49. The molecule has 0 N–H and O–H groups in total. The van der Waals surface area contributed by atoms with Crippen LogP contribution in [0.3, 0.4) is 0 Å². The van der Waals surface area contributed by atoms with Crippen molar-refractivity contribution in [3.05, 3.63) is 217 Å². The number of hydrogen-bond acceptors (Lipinski definition) is 2. The van der Waals surface area contributed by atoms with Crippen molar-refractivity contribution < 1.29 is 8.83 Å². The first kappa shape index (κ1) is 36.3. The highest BCUT2D eigenvalue weighted by Crippen LogP contribution is 2.53. The SMILES string of the molecule is CC1(C)c2ccc(-c3ccc4oc5ccc(-c6c7ccccc7c(-c7ccccc7-c7cccc8c7oc7ccccc78)c7ccccc67)cc5c4c3)cc2-c2c1ccc1ccccc21. The van der Waals surface area contributed by atoms with E-state index in [1.807, 2.05) is 6.07 Å². The Bertz CT molecular complexity index is 4100. The number of furan rings is 2. The van der Waals surface area contributed by atoms with E-state index in [-0.39, 0.29) is 5.41 Å². The topological polar surface area (TPSA) is 26.3 Å². The first-order valence-electron chi connectivity index (χ1n) is 22.6. The molecule has 13 aromatic rings. The van der Waals surface area contributed by atoms with E-state index in [9.17, 15) is 0 Å². The molecule has 0 saturated heterocycles. The zero-order chi connectivity index (χ0) is 43.0. The van der Waals surface area contributed by atoms with E-state index in [0.717, 1.165) is 60.6 Å². The molecule has 0 unspecified atom stereocenters. The fraction of sp³-hybridized carbons (Fsp3) is 0.0476. The predicted octanol–water partition coefficient (Wildman–Crippen LogP) is 17.9. The summed E-state index contributed by atoms with van der Waals surface area (Å²) in [5.41, 5.74) is 18.4. The lowest BCUT2D eigenvalue weighted by Crippen LogP contribution is -2.14. The van der Waals surface area contributed by atoms with Crippen LogP contribution in [-0.2, 0) is 5.41 Å². The summed E-state index contributed by atoms with van der Waals surface area (Å²) in [6, 6.07) is 75.4. The van der Waals surface area contributed by atoms with Gasteiger partial charge in [-0.1, -0.05) is 184 Å². The van der Waals surface area contributed by atoms with Gasteiger partial charge in [0, 0.05) is 32.5 Å². The van der Waals surface area contributed by atoms with E-state index in [2.05, 4.69) is 214 Å². The third-order valence-electron chi connectivity index (χ3n) is 14.5. The third kappa shape index (κ3) is 5.17. The Morgan fingerprint density at radius 3 is 1.57 bits per heavy atom. The summed E-state index contributed by atoms with van der Waals surface area (Å²) >= 11 is 0. The molecule has 0 radical (unpaired) electrons. The van der Waals surface area contributed by atoms with Crippen LogP contribution in [0.2, 0.25) is 0 Å². The quantitative estimate of drug-likeness (QED) is 0.165. The normalized spacial score (nSPS) is 13.2. The molecule has 2 heterocycles. The molecule has 0 fully saturated rings. The lowest BCUT2D eigenvalue weighted by atomic mass is 9.82. The van der Waals surface area contributed by atoms with E-state index in [0.29, 0.717) is 0 Å². The van der Waals surface area contributed by atoms with Crippen LogP contribution in [0.1, 0.15) is 25.0 Å². The summed E-state index contributed by atoms with van der Waals surface area (Å²) in [7, 11) is 0. The fourth-order valence-electron chi connectivity index (χ4n) is 11.4. The largest absolute Gasteiger partial charge is 0.456 e. The van der Waals surface area contributed by atoms with E-state index in [1.54, 1.807) is 0 Å². The van der Waals surface area contributed by atoms with Crippen molar-refractivity contribution in [3.63, 3.8) is 0 Å². The molecular formula is C63H40O2. The minimum atomic E-state index is -0.0750. The zero-order valence-electron chi connectivity index (χ0n) is 35.9. The Hall–Kier alpha value is -8.20. The van der Waals surface area contributed by atoms with Crippen LogP contribution in [0.4, 0.5) is 0 Å². The van der Waals surface area contributed by atoms with Crippen molar-refractivity contribution >= 4 is 76.2 Å². The molecule has 2 aromatic heterocycles. The van der Waals surface area contributed by atoms with Crippen LogP contribution < -0.4 is 0 Å². The summed E-state index contributed by atoms with van der Waals surface area (Å²) in [6.07, 6.45) is 0. The smallest absolute Gasteiger partial charge is 0.143 e. The van der Waals surface area contributed by atoms with E-state index in [1.165, 1.54) is 82.4 Å². The summed E-state index contributed by atoms with van der Waals surface area (Å²) < 4.78 is 13.2. The maximum atomic E-state index is 6.62. The van der Waals surface area contributed by atoms with Gasteiger partial charge in [-0.2, -0.15) is 0 Å². The van der Waals surface area contributed by atoms with Crippen LogP contribution in [0, 0.1) is 0 Å². The second-order valence-electron chi connectivity index (χ2n) is 18.3. The summed E-state index contributed by atoms with van der Waals surface area (Å²) in [6.45, 7) is 4.72. The molecule has 0 spiro atoms. The highest BCUT2D eigenvalue weighted by molar-refractivity contribution is 6.24. The monoisotopic (exact) mass is 828 g/mol. The average molecular weight is 829 g/mol. The zero-order valence-corrected chi connectivity index (χ0v) is 35.9. The molecule has 0 aliphatic heterocycles. The summed E-state index contributed by atoms with van der Waals surface area (Å²) in [5.74, 6) is 0. The number of rotatable bonds is 4. The molecule has 1 aliphatic carbocycles. The molecule has 65 heavy (non-hydrogen) atoms. The molecule has 2 heteroatoms. The molecule has 0 bridgehead atoms. The van der Waals surface area contributed by atoms with Gasteiger partial charge in [0.2, 0.25) is 0 Å². The second-order valence-corrected chi connectivity index (χ2v) is 18.3. The van der Waals surface area contributed by atoms with Crippen molar-refractivity contribution in [1.82, 2.24) is 0 Å². The van der Waals surface area contributed by atoms with Gasteiger partial charge in [0.15, 0.2) is 0 Å². The van der Waals surface area contributed by atoms with Crippen LogP contribution in [0.25, 0.3) is 132 Å². The van der Waals surface area contributed by atoms with Gasteiger partial charge < -0.3 is 8.83 Å². The number of para-hydroxylation sites is 2. The van der Waals surface area contributed by atoms with Gasteiger partial charge in [0.05, 0.1) is 0 Å². The minimum Gasteiger partial charge on any atom is -0.456 e. The van der Waals surface area contributed by atoms with Gasteiger partial charge in [0.25, 0.3) is 0 Å². The van der Waals surface area contributed by atoms with Gasteiger partial charge in [0.1, 0.15) is 22.3 Å². The molecule has 0 atom stereocenters. The lowest BCUT2D eigenvalue weighted by molar-refractivity contribution is 0.661. The number of fused-ring (bicyclic) bond motifs is 13. The van der Waals surface area contributed by atoms with Crippen LogP contribution in [0.5, 0.6) is 0 Å². The highest BCUT2D eigenvalue weighted by Gasteiger charge is 2.36. The Labute approximate surface area is 375 Å². The predicted molar refractivity (Wildman–Crippen MR) is 273 cm³/mol. The Morgan fingerprint density at radius 1 is 0.292 bits per heavy atom. The van der Waals surface area contributed by atoms with Crippen molar-refractivity contribution in [2.75, 3.05) is 0 Å². The van der Waals surface area contributed by atoms with E-state index < -0.39 is 0 Å². The Balaban J connectivity index is 0.945.